The minimum absolute atomic E-state index is 0.145. The molecular formula is C12H15ClN2O3. The van der Waals surface area contributed by atoms with E-state index in [0.717, 1.165) is 13.1 Å². The number of aliphatic carboxylic acids is 1. The molecule has 1 aliphatic heterocycles. The van der Waals surface area contributed by atoms with E-state index in [-0.39, 0.29) is 6.10 Å². The van der Waals surface area contributed by atoms with Gasteiger partial charge in [0, 0.05) is 13.1 Å². The third-order valence-electron chi connectivity index (χ3n) is 2.91. The zero-order valence-electron chi connectivity index (χ0n) is 9.97. The summed E-state index contributed by atoms with van der Waals surface area (Å²) in [5.41, 5.74) is 5.97. The number of hydrogen-bond acceptors (Lipinski definition) is 4. The number of carboxylic acid groups (broad SMARTS) is 1. The highest BCUT2D eigenvalue weighted by Gasteiger charge is 2.25. The molecule has 1 heterocycles. The molecule has 0 aliphatic carbocycles. The summed E-state index contributed by atoms with van der Waals surface area (Å²) in [4.78, 5) is 12.9. The minimum Gasteiger partial charge on any atom is -0.486 e. The van der Waals surface area contributed by atoms with Crippen molar-refractivity contribution < 1.29 is 14.6 Å². The van der Waals surface area contributed by atoms with Gasteiger partial charge in [-0.25, -0.2) is 0 Å². The van der Waals surface area contributed by atoms with Crippen molar-refractivity contribution in [2.24, 2.45) is 5.73 Å². The molecule has 1 aromatic rings. The number of likely N-dealkylation sites (tertiary alicyclic amines) is 1. The Kier molecular flexibility index (Phi) is 3.75. The molecule has 3 N–H and O–H groups in total. The molecule has 2 rings (SSSR count). The molecule has 1 unspecified atom stereocenters. The van der Waals surface area contributed by atoms with Crippen LogP contribution >= 0.6 is 11.6 Å². The molecule has 1 fully saturated rings. The van der Waals surface area contributed by atoms with Gasteiger partial charge >= 0.3 is 5.97 Å². The number of likely N-dealkylation sites (N-methyl/N-ethyl adjacent to an activating group) is 1. The molecule has 18 heavy (non-hydrogen) atoms. The van der Waals surface area contributed by atoms with Gasteiger partial charge in [-0.2, -0.15) is 0 Å². The zero-order chi connectivity index (χ0) is 13.3. The third kappa shape index (κ3) is 2.75. The van der Waals surface area contributed by atoms with Gasteiger partial charge < -0.3 is 15.6 Å². The SMILES string of the molecule is CN1CC(Oc2ccc(C(N)C(=O)O)cc2Cl)C1. The van der Waals surface area contributed by atoms with Crippen LogP contribution in [0.2, 0.25) is 5.02 Å². The summed E-state index contributed by atoms with van der Waals surface area (Å²) in [7, 11) is 2.01. The predicted molar refractivity (Wildman–Crippen MR) is 67.9 cm³/mol. The number of hydrogen-bond donors (Lipinski definition) is 2. The van der Waals surface area contributed by atoms with Crippen LogP contribution in [-0.4, -0.2) is 42.2 Å². The molecule has 1 saturated heterocycles. The summed E-state index contributed by atoms with van der Waals surface area (Å²) >= 11 is 6.05. The number of nitrogens with two attached hydrogens (primary N) is 1. The van der Waals surface area contributed by atoms with Gasteiger partial charge in [0.2, 0.25) is 0 Å². The quantitative estimate of drug-likeness (QED) is 0.857. The molecule has 1 atom stereocenters. The van der Waals surface area contributed by atoms with E-state index in [1.165, 1.54) is 6.07 Å². The summed E-state index contributed by atoms with van der Waals surface area (Å²) in [5, 5.41) is 9.20. The molecule has 6 heteroatoms. The van der Waals surface area contributed by atoms with Crippen LogP contribution in [0.15, 0.2) is 18.2 Å². The predicted octanol–water partition coefficient (Wildman–Crippen LogP) is 1.12. The Hall–Kier alpha value is -1.30. The van der Waals surface area contributed by atoms with Crippen LogP contribution in [0.5, 0.6) is 5.75 Å². The van der Waals surface area contributed by atoms with E-state index in [2.05, 4.69) is 4.90 Å². The fourth-order valence-corrected chi connectivity index (χ4v) is 2.08. The maximum atomic E-state index is 10.8. The number of halogens is 1. The molecule has 5 nitrogen and oxygen atoms in total. The minimum atomic E-state index is -1.08. The van der Waals surface area contributed by atoms with Crippen LogP contribution in [0.1, 0.15) is 11.6 Å². The smallest absolute Gasteiger partial charge is 0.325 e. The first-order valence-corrected chi connectivity index (χ1v) is 5.98. The normalized spacial score (nSPS) is 18.2. The Morgan fingerprint density at radius 1 is 1.61 bits per heavy atom. The fraction of sp³-hybridized carbons (Fsp3) is 0.417. The lowest BCUT2D eigenvalue weighted by atomic mass is 10.1. The molecule has 98 valence electrons. The lowest BCUT2D eigenvalue weighted by Crippen LogP contribution is -2.51. The summed E-state index contributed by atoms with van der Waals surface area (Å²) in [5.74, 6) is -0.517. The Bertz CT molecular complexity index is 461. The third-order valence-corrected chi connectivity index (χ3v) is 3.20. The van der Waals surface area contributed by atoms with E-state index in [4.69, 9.17) is 27.2 Å². The number of carbonyl (C=O) groups is 1. The van der Waals surface area contributed by atoms with Crippen LogP contribution in [0.4, 0.5) is 0 Å². The first-order chi connectivity index (χ1) is 8.47. The second-order valence-corrected chi connectivity index (χ2v) is 4.87. The maximum absolute atomic E-state index is 10.8. The van der Waals surface area contributed by atoms with E-state index in [1.807, 2.05) is 7.05 Å². The fourth-order valence-electron chi connectivity index (χ4n) is 1.84. The molecule has 0 bridgehead atoms. The largest absolute Gasteiger partial charge is 0.486 e. The van der Waals surface area contributed by atoms with Gasteiger partial charge in [0.15, 0.2) is 0 Å². The van der Waals surface area contributed by atoms with Gasteiger partial charge in [-0.15, -0.1) is 0 Å². The number of rotatable bonds is 4. The lowest BCUT2D eigenvalue weighted by molar-refractivity contribution is -0.138. The number of benzene rings is 1. The van der Waals surface area contributed by atoms with Crippen molar-refractivity contribution in [3.63, 3.8) is 0 Å². The molecule has 1 aliphatic rings. The summed E-state index contributed by atoms with van der Waals surface area (Å²) < 4.78 is 5.68. The van der Waals surface area contributed by atoms with Gasteiger partial charge in [0.1, 0.15) is 17.9 Å². The molecule has 0 spiro atoms. The van der Waals surface area contributed by atoms with Crippen molar-refractivity contribution in [2.75, 3.05) is 20.1 Å². The van der Waals surface area contributed by atoms with Crippen LogP contribution in [0.25, 0.3) is 0 Å². The highest BCUT2D eigenvalue weighted by molar-refractivity contribution is 6.32. The van der Waals surface area contributed by atoms with Crippen LogP contribution < -0.4 is 10.5 Å². The second kappa shape index (κ2) is 5.14. The summed E-state index contributed by atoms with van der Waals surface area (Å²) in [6.07, 6.45) is 0.145. The Morgan fingerprint density at radius 2 is 2.28 bits per heavy atom. The number of nitrogens with zero attached hydrogens (tertiary/aromatic N) is 1. The van der Waals surface area contributed by atoms with Gasteiger partial charge in [-0.3, -0.25) is 9.69 Å². The highest BCUT2D eigenvalue weighted by atomic mass is 35.5. The molecule has 0 amide bonds. The van der Waals surface area contributed by atoms with Crippen molar-refractivity contribution in [3.05, 3.63) is 28.8 Å². The topological polar surface area (TPSA) is 75.8 Å². The average Bonchev–Trinajstić information content (AvgIpc) is 2.28. The monoisotopic (exact) mass is 270 g/mol. The lowest BCUT2D eigenvalue weighted by Gasteiger charge is -2.36. The second-order valence-electron chi connectivity index (χ2n) is 4.47. The van der Waals surface area contributed by atoms with E-state index in [0.29, 0.717) is 16.3 Å². The summed E-state index contributed by atoms with van der Waals surface area (Å²) in [6, 6.07) is 3.77. The molecule has 1 aromatic carbocycles. The molecule has 0 aromatic heterocycles. The van der Waals surface area contributed by atoms with Crippen molar-refractivity contribution >= 4 is 17.6 Å². The Balaban J connectivity index is 2.07. The highest BCUT2D eigenvalue weighted by Crippen LogP contribution is 2.29. The van der Waals surface area contributed by atoms with Gasteiger partial charge in [0.25, 0.3) is 0 Å². The van der Waals surface area contributed by atoms with E-state index in [9.17, 15) is 4.79 Å². The van der Waals surface area contributed by atoms with E-state index >= 15 is 0 Å². The van der Waals surface area contributed by atoms with Crippen LogP contribution in [0.3, 0.4) is 0 Å². The number of carboxylic acids is 1. The van der Waals surface area contributed by atoms with Crippen LogP contribution in [0, 0.1) is 0 Å². The first kappa shape index (κ1) is 13.1. The van der Waals surface area contributed by atoms with Crippen molar-refractivity contribution in [1.29, 1.82) is 0 Å². The van der Waals surface area contributed by atoms with Gasteiger partial charge in [-0.05, 0) is 24.7 Å². The maximum Gasteiger partial charge on any atom is 0.325 e. The van der Waals surface area contributed by atoms with Crippen molar-refractivity contribution in [1.82, 2.24) is 4.90 Å². The van der Waals surface area contributed by atoms with E-state index < -0.39 is 12.0 Å². The Morgan fingerprint density at radius 3 is 2.78 bits per heavy atom. The van der Waals surface area contributed by atoms with Crippen LogP contribution in [-0.2, 0) is 4.79 Å². The number of ether oxygens (including phenoxy) is 1. The van der Waals surface area contributed by atoms with Gasteiger partial charge in [-0.1, -0.05) is 17.7 Å². The van der Waals surface area contributed by atoms with Crippen molar-refractivity contribution in [3.8, 4) is 5.75 Å². The standard InChI is InChI=1S/C12H15ClN2O3/c1-15-5-8(6-15)18-10-3-2-7(4-9(10)13)11(14)12(16)17/h2-4,8,11H,5-6,14H2,1H3,(H,16,17). The average molecular weight is 271 g/mol. The molecule has 0 radical (unpaired) electrons. The zero-order valence-corrected chi connectivity index (χ0v) is 10.7. The van der Waals surface area contributed by atoms with Crippen molar-refractivity contribution in [2.45, 2.75) is 12.1 Å². The Labute approximate surface area is 110 Å². The molecule has 0 saturated carbocycles. The first-order valence-electron chi connectivity index (χ1n) is 5.60. The summed E-state index contributed by atoms with van der Waals surface area (Å²) in [6.45, 7) is 1.74. The van der Waals surface area contributed by atoms with E-state index in [1.54, 1.807) is 12.1 Å². The molecular weight excluding hydrogens is 256 g/mol. The van der Waals surface area contributed by atoms with Gasteiger partial charge in [0.05, 0.1) is 5.02 Å².